The van der Waals surface area contributed by atoms with Gasteiger partial charge in [-0.05, 0) is 38.8 Å². The molecule has 1 atom stereocenters. The normalized spacial score (nSPS) is 19.6. The molecule has 5 heterocycles. The molecule has 11 nitrogen and oxygen atoms in total. The molecule has 37 heavy (non-hydrogen) atoms. The second-order valence-electron chi connectivity index (χ2n) is 9.39. The quantitative estimate of drug-likeness (QED) is 0.395. The maximum atomic E-state index is 13.5. The van der Waals surface area contributed by atoms with Gasteiger partial charge in [0.15, 0.2) is 16.4 Å². The fourth-order valence-corrected chi connectivity index (χ4v) is 6.40. The summed E-state index contributed by atoms with van der Waals surface area (Å²) in [6.45, 7) is 5.05. The fourth-order valence-electron chi connectivity index (χ4n) is 5.74. The Morgan fingerprint density at radius 1 is 1.08 bits per heavy atom. The minimum absolute atomic E-state index is 0.0984. The van der Waals surface area contributed by atoms with E-state index in [0.717, 1.165) is 28.8 Å². The van der Waals surface area contributed by atoms with Crippen molar-refractivity contribution in [2.24, 2.45) is 0 Å². The van der Waals surface area contributed by atoms with Crippen molar-refractivity contribution < 1.29 is 13.2 Å². The number of carbonyl (C=O) groups excluding carboxylic acids is 1. The summed E-state index contributed by atoms with van der Waals surface area (Å²) >= 11 is 0. The molecule has 2 aliphatic rings. The van der Waals surface area contributed by atoms with Crippen LogP contribution >= 0.6 is 0 Å². The van der Waals surface area contributed by atoms with E-state index in [4.69, 9.17) is 4.98 Å². The van der Waals surface area contributed by atoms with Crippen molar-refractivity contribution in [2.75, 3.05) is 24.4 Å². The first-order valence-corrected chi connectivity index (χ1v) is 13.5. The number of benzene rings is 1. The van der Waals surface area contributed by atoms with Gasteiger partial charge in [-0.3, -0.25) is 9.69 Å². The molecule has 1 aromatic carbocycles. The highest BCUT2D eigenvalue weighted by Crippen LogP contribution is 2.50. The summed E-state index contributed by atoms with van der Waals surface area (Å²) in [6, 6.07) is 5.80. The minimum atomic E-state index is -2.67. The number of aryl methyl sites for hydroxylation is 2. The maximum absolute atomic E-state index is 13.5. The average molecular weight is 519 g/mol. The van der Waals surface area contributed by atoms with E-state index >= 15 is 0 Å². The Labute approximate surface area is 215 Å². The molecule has 0 saturated carbocycles. The standard InChI is InChI=1S/C25H26N8O3S/c1-4-33-22(17-11-26-15(2)27-12-17)30-21-20(28-13-29-23(21)33)16-6-7-19-18(10-16)25(24(34)31(19)3)8-5-9-32(25)14-37(35)36/h6-7,10-13,37H,4-5,8-9,14H2,1-3H3/t25-/m1/s1. The molecule has 4 aromatic rings. The molecule has 1 saturated heterocycles. The van der Waals surface area contributed by atoms with Gasteiger partial charge < -0.3 is 9.47 Å². The number of hydrogen-bond acceptors (Lipinski definition) is 9. The molecular formula is C25H26N8O3S. The third-order valence-corrected chi connectivity index (χ3v) is 7.99. The summed E-state index contributed by atoms with van der Waals surface area (Å²) in [7, 11) is -0.926. The SMILES string of the molecule is CCn1c(-c2cnc(C)nc2)nc2c(-c3ccc4c(c3)[C@]3(CCCN3C[SH](=O)=O)C(=O)N4C)ncnc21. The smallest absolute Gasteiger partial charge is 0.251 e. The highest BCUT2D eigenvalue weighted by atomic mass is 32.2. The van der Waals surface area contributed by atoms with Gasteiger partial charge in [0.1, 0.15) is 40.6 Å². The van der Waals surface area contributed by atoms with Crippen molar-refractivity contribution in [3.63, 3.8) is 0 Å². The number of hydrogen-bond donors (Lipinski definition) is 1. The molecule has 0 unspecified atom stereocenters. The van der Waals surface area contributed by atoms with Crippen molar-refractivity contribution in [1.29, 1.82) is 0 Å². The number of rotatable bonds is 5. The zero-order valence-corrected chi connectivity index (χ0v) is 21.6. The Morgan fingerprint density at radius 3 is 2.59 bits per heavy atom. The summed E-state index contributed by atoms with van der Waals surface area (Å²) in [6.07, 6.45) is 6.33. The molecule has 2 aliphatic heterocycles. The van der Waals surface area contributed by atoms with Gasteiger partial charge in [-0.1, -0.05) is 6.07 Å². The van der Waals surface area contributed by atoms with E-state index < -0.39 is 16.2 Å². The van der Waals surface area contributed by atoms with Crippen LogP contribution in [0.5, 0.6) is 0 Å². The summed E-state index contributed by atoms with van der Waals surface area (Å²) in [5, 5.41) is 0. The van der Waals surface area contributed by atoms with Crippen molar-refractivity contribution in [3.8, 4) is 22.6 Å². The van der Waals surface area contributed by atoms with E-state index in [0.29, 0.717) is 48.0 Å². The summed E-state index contributed by atoms with van der Waals surface area (Å²) in [5.41, 5.74) is 4.14. The molecule has 0 aliphatic carbocycles. The van der Waals surface area contributed by atoms with Crippen LogP contribution in [-0.4, -0.2) is 68.2 Å². The highest BCUT2D eigenvalue weighted by Gasteiger charge is 2.56. The molecule has 0 radical (unpaired) electrons. The number of thiol groups is 1. The third-order valence-electron chi connectivity index (χ3n) is 7.42. The van der Waals surface area contributed by atoms with Crippen molar-refractivity contribution in [2.45, 2.75) is 38.8 Å². The van der Waals surface area contributed by atoms with E-state index in [1.54, 1.807) is 29.2 Å². The zero-order chi connectivity index (χ0) is 25.9. The largest absolute Gasteiger partial charge is 0.313 e. The summed E-state index contributed by atoms with van der Waals surface area (Å²) in [4.78, 5) is 39.6. The molecule has 12 heteroatoms. The first-order valence-electron chi connectivity index (χ1n) is 12.1. The zero-order valence-electron chi connectivity index (χ0n) is 20.7. The van der Waals surface area contributed by atoms with Crippen LogP contribution < -0.4 is 4.90 Å². The molecule has 1 amide bonds. The van der Waals surface area contributed by atoms with Crippen LogP contribution in [0.15, 0.2) is 36.9 Å². The van der Waals surface area contributed by atoms with Gasteiger partial charge in [0.25, 0.3) is 5.91 Å². The van der Waals surface area contributed by atoms with Crippen LogP contribution in [0.4, 0.5) is 5.69 Å². The molecular weight excluding hydrogens is 492 g/mol. The Morgan fingerprint density at radius 2 is 1.86 bits per heavy atom. The Bertz CT molecular complexity index is 1620. The second kappa shape index (κ2) is 8.67. The monoisotopic (exact) mass is 518 g/mol. The number of nitrogens with zero attached hydrogens (tertiary/aromatic N) is 8. The van der Waals surface area contributed by atoms with Gasteiger partial charge in [-0.15, -0.1) is 0 Å². The van der Waals surface area contributed by atoms with Crippen molar-refractivity contribution >= 4 is 33.5 Å². The number of fused-ring (bicyclic) bond motifs is 3. The molecule has 0 bridgehead atoms. The molecule has 1 fully saturated rings. The summed E-state index contributed by atoms with van der Waals surface area (Å²) in [5.74, 6) is 1.13. The van der Waals surface area contributed by atoms with Crippen LogP contribution in [0.25, 0.3) is 33.8 Å². The van der Waals surface area contributed by atoms with Gasteiger partial charge in [-0.25, -0.2) is 33.3 Å². The number of amides is 1. The van der Waals surface area contributed by atoms with Crippen LogP contribution in [0.2, 0.25) is 0 Å². The number of likely N-dealkylation sites (N-methyl/N-ethyl adjacent to an activating group) is 1. The summed E-state index contributed by atoms with van der Waals surface area (Å²) < 4.78 is 25.3. The highest BCUT2D eigenvalue weighted by molar-refractivity contribution is 7.72. The molecule has 3 aromatic heterocycles. The topological polar surface area (TPSA) is 127 Å². The lowest BCUT2D eigenvalue weighted by molar-refractivity contribution is -0.127. The van der Waals surface area contributed by atoms with Gasteiger partial charge in [0, 0.05) is 49.3 Å². The maximum Gasteiger partial charge on any atom is 0.251 e. The first kappa shape index (κ1) is 23.6. The number of carbonyl (C=O) groups is 1. The molecule has 0 N–H and O–H groups in total. The van der Waals surface area contributed by atoms with Crippen LogP contribution in [0, 0.1) is 6.92 Å². The Kier molecular flexibility index (Phi) is 5.53. The molecule has 1 spiro atoms. The van der Waals surface area contributed by atoms with Crippen LogP contribution in [-0.2, 0) is 27.6 Å². The third kappa shape index (κ3) is 3.46. The predicted octanol–water partition coefficient (Wildman–Crippen LogP) is 2.12. The average Bonchev–Trinajstić information content (AvgIpc) is 3.54. The van der Waals surface area contributed by atoms with Crippen molar-refractivity contribution in [3.05, 3.63) is 48.3 Å². The molecule has 190 valence electrons. The number of imidazole rings is 1. The number of likely N-dealkylation sites (tertiary alicyclic amines) is 1. The Balaban J connectivity index is 1.53. The minimum Gasteiger partial charge on any atom is -0.313 e. The lowest BCUT2D eigenvalue weighted by atomic mass is 9.87. The Hall–Kier alpha value is -3.77. The van der Waals surface area contributed by atoms with Gasteiger partial charge >= 0.3 is 0 Å². The molecule has 6 rings (SSSR count). The van der Waals surface area contributed by atoms with E-state index in [2.05, 4.69) is 19.9 Å². The van der Waals surface area contributed by atoms with Crippen molar-refractivity contribution in [1.82, 2.24) is 34.4 Å². The van der Waals surface area contributed by atoms with E-state index in [9.17, 15) is 13.2 Å². The van der Waals surface area contributed by atoms with E-state index in [1.165, 1.54) is 6.33 Å². The number of aromatic nitrogens is 6. The fraction of sp³-hybridized carbons (Fsp3) is 0.360. The predicted molar refractivity (Wildman–Crippen MR) is 138 cm³/mol. The van der Waals surface area contributed by atoms with Gasteiger partial charge in [0.05, 0.1) is 5.56 Å². The van der Waals surface area contributed by atoms with Crippen LogP contribution in [0.1, 0.15) is 31.2 Å². The van der Waals surface area contributed by atoms with Gasteiger partial charge in [0.2, 0.25) is 0 Å². The lowest BCUT2D eigenvalue weighted by Gasteiger charge is -2.32. The number of anilines is 1. The lowest BCUT2D eigenvalue weighted by Crippen LogP contribution is -2.49. The van der Waals surface area contributed by atoms with Gasteiger partial charge in [-0.2, -0.15) is 0 Å². The first-order chi connectivity index (χ1) is 17.8. The van der Waals surface area contributed by atoms with E-state index in [1.807, 2.05) is 36.6 Å². The van der Waals surface area contributed by atoms with Crippen LogP contribution in [0.3, 0.4) is 0 Å². The second-order valence-corrected chi connectivity index (χ2v) is 10.3. The van der Waals surface area contributed by atoms with E-state index in [-0.39, 0.29) is 11.8 Å².